The zero-order chi connectivity index (χ0) is 19.5. The number of piperidine rings is 1. The van der Waals surface area contributed by atoms with Crippen LogP contribution in [0.1, 0.15) is 37.4 Å². The van der Waals surface area contributed by atoms with Gasteiger partial charge in [0.25, 0.3) is 0 Å². The summed E-state index contributed by atoms with van der Waals surface area (Å²) in [5, 5.41) is 4.88. The van der Waals surface area contributed by atoms with Gasteiger partial charge in [0.1, 0.15) is 17.7 Å². The third-order valence-electron chi connectivity index (χ3n) is 5.98. The van der Waals surface area contributed by atoms with E-state index in [1.165, 1.54) is 17.7 Å². The monoisotopic (exact) mass is 387 g/mol. The number of ether oxygens (including phenoxy) is 1. The SMILES string of the molecule is COCCCn1nc(-c2cocn2)c2c1CCN(C1CCN(C(C)=O)CC1)C2. The first-order valence-corrected chi connectivity index (χ1v) is 10.1. The first-order valence-electron chi connectivity index (χ1n) is 10.1. The number of methoxy groups -OCH3 is 1. The number of amides is 1. The summed E-state index contributed by atoms with van der Waals surface area (Å²) in [7, 11) is 1.73. The highest BCUT2D eigenvalue weighted by atomic mass is 16.5. The number of nitrogens with zero attached hydrogens (tertiary/aromatic N) is 5. The van der Waals surface area contributed by atoms with Crippen LogP contribution >= 0.6 is 0 Å². The van der Waals surface area contributed by atoms with Crippen LogP contribution in [0.4, 0.5) is 0 Å². The molecule has 2 aliphatic rings. The Bertz CT molecular complexity index is 793. The summed E-state index contributed by atoms with van der Waals surface area (Å²) in [6, 6.07) is 0.519. The molecule has 8 heteroatoms. The molecule has 28 heavy (non-hydrogen) atoms. The predicted octanol–water partition coefficient (Wildman–Crippen LogP) is 1.94. The lowest BCUT2D eigenvalue weighted by Gasteiger charge is -2.40. The second-order valence-electron chi connectivity index (χ2n) is 7.67. The van der Waals surface area contributed by atoms with Gasteiger partial charge in [0, 0.05) is 77.1 Å². The van der Waals surface area contributed by atoms with Gasteiger partial charge in [-0.3, -0.25) is 14.4 Å². The molecule has 4 heterocycles. The van der Waals surface area contributed by atoms with E-state index in [-0.39, 0.29) is 5.91 Å². The molecule has 0 aromatic carbocycles. The van der Waals surface area contributed by atoms with Crippen molar-refractivity contribution in [3.8, 4) is 11.4 Å². The summed E-state index contributed by atoms with van der Waals surface area (Å²) in [4.78, 5) is 20.5. The maximum Gasteiger partial charge on any atom is 0.219 e. The van der Waals surface area contributed by atoms with Gasteiger partial charge in [-0.2, -0.15) is 5.10 Å². The molecule has 0 N–H and O–H groups in total. The smallest absolute Gasteiger partial charge is 0.219 e. The minimum absolute atomic E-state index is 0.185. The molecule has 4 rings (SSSR count). The van der Waals surface area contributed by atoms with Gasteiger partial charge in [0.05, 0.1) is 0 Å². The second kappa shape index (κ2) is 8.45. The Hall–Kier alpha value is -2.19. The van der Waals surface area contributed by atoms with Crippen molar-refractivity contribution in [3.05, 3.63) is 23.9 Å². The van der Waals surface area contributed by atoms with E-state index in [4.69, 9.17) is 14.3 Å². The van der Waals surface area contributed by atoms with Crippen LogP contribution in [-0.2, 0) is 29.0 Å². The number of hydrogen-bond acceptors (Lipinski definition) is 6. The van der Waals surface area contributed by atoms with Gasteiger partial charge < -0.3 is 14.1 Å². The number of rotatable bonds is 6. The quantitative estimate of drug-likeness (QED) is 0.705. The maximum atomic E-state index is 11.6. The molecule has 152 valence electrons. The largest absolute Gasteiger partial charge is 0.451 e. The van der Waals surface area contributed by atoms with Crippen LogP contribution in [0.15, 0.2) is 17.1 Å². The minimum Gasteiger partial charge on any atom is -0.451 e. The number of fused-ring (bicyclic) bond motifs is 1. The second-order valence-corrected chi connectivity index (χ2v) is 7.67. The maximum absolute atomic E-state index is 11.6. The highest BCUT2D eigenvalue weighted by Gasteiger charge is 2.32. The van der Waals surface area contributed by atoms with Crippen LogP contribution < -0.4 is 0 Å². The van der Waals surface area contributed by atoms with Gasteiger partial charge in [-0.1, -0.05) is 0 Å². The summed E-state index contributed by atoms with van der Waals surface area (Å²) in [6.07, 6.45) is 7.14. The molecule has 0 unspecified atom stereocenters. The van der Waals surface area contributed by atoms with Crippen molar-refractivity contribution in [1.29, 1.82) is 0 Å². The third kappa shape index (κ3) is 3.84. The Morgan fingerprint density at radius 1 is 1.32 bits per heavy atom. The van der Waals surface area contributed by atoms with E-state index >= 15 is 0 Å². The molecule has 1 fully saturated rings. The Labute approximate surface area is 165 Å². The fourth-order valence-corrected chi connectivity index (χ4v) is 4.45. The van der Waals surface area contributed by atoms with Crippen LogP contribution in [0.3, 0.4) is 0 Å². The Balaban J connectivity index is 1.53. The molecule has 0 spiro atoms. The van der Waals surface area contributed by atoms with Crippen LogP contribution in [0.5, 0.6) is 0 Å². The van der Waals surface area contributed by atoms with Crippen molar-refractivity contribution in [2.24, 2.45) is 0 Å². The number of aromatic nitrogens is 3. The number of hydrogen-bond donors (Lipinski definition) is 0. The standard InChI is InChI=1S/C20H29N5O3/c1-15(26)23-8-4-16(5-9-23)24-10-6-19-17(12-24)20(18-13-28-14-21-18)22-25(19)7-3-11-27-2/h13-14,16H,3-12H2,1-2H3. The van der Waals surface area contributed by atoms with E-state index in [1.807, 2.05) is 4.90 Å². The highest BCUT2D eigenvalue weighted by Crippen LogP contribution is 2.31. The molecular weight excluding hydrogens is 358 g/mol. The van der Waals surface area contributed by atoms with Gasteiger partial charge in [0.15, 0.2) is 6.39 Å². The fraction of sp³-hybridized carbons (Fsp3) is 0.650. The fourth-order valence-electron chi connectivity index (χ4n) is 4.45. The van der Waals surface area contributed by atoms with Gasteiger partial charge in [-0.05, 0) is 19.3 Å². The number of oxazole rings is 1. The predicted molar refractivity (Wildman–Crippen MR) is 104 cm³/mol. The van der Waals surface area contributed by atoms with Crippen molar-refractivity contribution in [2.45, 2.75) is 51.7 Å². The Kier molecular flexibility index (Phi) is 5.77. The summed E-state index contributed by atoms with van der Waals surface area (Å²) >= 11 is 0. The number of carbonyl (C=O) groups is 1. The first-order chi connectivity index (χ1) is 13.7. The van der Waals surface area contributed by atoms with Crippen molar-refractivity contribution in [2.75, 3.05) is 33.4 Å². The molecule has 1 saturated heterocycles. The van der Waals surface area contributed by atoms with E-state index in [0.717, 1.165) is 76.4 Å². The molecule has 1 amide bonds. The van der Waals surface area contributed by atoms with E-state index in [1.54, 1.807) is 20.3 Å². The lowest BCUT2D eigenvalue weighted by molar-refractivity contribution is -0.130. The minimum atomic E-state index is 0.185. The van der Waals surface area contributed by atoms with E-state index < -0.39 is 0 Å². The molecule has 2 aromatic rings. The Morgan fingerprint density at radius 2 is 2.14 bits per heavy atom. The zero-order valence-corrected chi connectivity index (χ0v) is 16.8. The molecule has 2 aromatic heterocycles. The van der Waals surface area contributed by atoms with Gasteiger partial charge in [-0.15, -0.1) is 0 Å². The van der Waals surface area contributed by atoms with Crippen molar-refractivity contribution in [3.63, 3.8) is 0 Å². The number of likely N-dealkylation sites (tertiary alicyclic amines) is 1. The molecule has 0 radical (unpaired) electrons. The number of aryl methyl sites for hydroxylation is 1. The average Bonchev–Trinajstić information content (AvgIpc) is 3.36. The summed E-state index contributed by atoms with van der Waals surface area (Å²) in [6.45, 7) is 6.87. The van der Waals surface area contributed by atoms with Gasteiger partial charge >= 0.3 is 0 Å². The normalized spacial score (nSPS) is 18.4. The molecule has 0 bridgehead atoms. The average molecular weight is 387 g/mol. The summed E-state index contributed by atoms with van der Waals surface area (Å²) in [5.74, 6) is 0.185. The van der Waals surface area contributed by atoms with Gasteiger partial charge in [-0.25, -0.2) is 4.98 Å². The van der Waals surface area contributed by atoms with E-state index in [0.29, 0.717) is 6.04 Å². The summed E-state index contributed by atoms with van der Waals surface area (Å²) < 4.78 is 12.6. The van der Waals surface area contributed by atoms with E-state index in [9.17, 15) is 4.79 Å². The molecule has 8 nitrogen and oxygen atoms in total. The molecule has 0 atom stereocenters. The topological polar surface area (TPSA) is 76.6 Å². The number of carbonyl (C=O) groups excluding carboxylic acids is 1. The van der Waals surface area contributed by atoms with Crippen molar-refractivity contribution in [1.82, 2.24) is 24.6 Å². The van der Waals surface area contributed by atoms with Crippen LogP contribution in [0.2, 0.25) is 0 Å². The van der Waals surface area contributed by atoms with Crippen LogP contribution in [-0.4, -0.2) is 69.9 Å². The highest BCUT2D eigenvalue weighted by molar-refractivity contribution is 5.73. The van der Waals surface area contributed by atoms with E-state index in [2.05, 4.69) is 14.6 Å². The first kappa shape index (κ1) is 19.1. The lowest BCUT2D eigenvalue weighted by atomic mass is 9.97. The third-order valence-corrected chi connectivity index (χ3v) is 5.98. The van der Waals surface area contributed by atoms with Crippen LogP contribution in [0.25, 0.3) is 11.4 Å². The van der Waals surface area contributed by atoms with Gasteiger partial charge in [0.2, 0.25) is 5.91 Å². The molecule has 0 aliphatic carbocycles. The summed E-state index contributed by atoms with van der Waals surface area (Å²) in [5.41, 5.74) is 4.32. The Morgan fingerprint density at radius 3 is 2.82 bits per heavy atom. The van der Waals surface area contributed by atoms with Crippen molar-refractivity contribution < 1.29 is 13.9 Å². The lowest BCUT2D eigenvalue weighted by Crippen LogP contribution is -2.47. The zero-order valence-electron chi connectivity index (χ0n) is 16.8. The molecular formula is C20H29N5O3. The molecule has 0 saturated carbocycles. The molecule has 2 aliphatic heterocycles. The van der Waals surface area contributed by atoms with Crippen molar-refractivity contribution >= 4 is 5.91 Å². The van der Waals surface area contributed by atoms with Crippen LogP contribution in [0, 0.1) is 0 Å².